The highest BCUT2D eigenvalue weighted by Gasteiger charge is 2.27. The lowest BCUT2D eigenvalue weighted by molar-refractivity contribution is -0.141. The van der Waals surface area contributed by atoms with Crippen LogP contribution in [0.15, 0.2) is 18.2 Å². The molecule has 0 unspecified atom stereocenters. The van der Waals surface area contributed by atoms with Crippen LogP contribution < -0.4 is 15.5 Å². The molecule has 0 atom stereocenters. The normalized spacial score (nSPS) is 17.7. The number of urea groups is 1. The quantitative estimate of drug-likeness (QED) is 0.656. The monoisotopic (exact) mass is 444 g/mol. The van der Waals surface area contributed by atoms with E-state index in [9.17, 15) is 14.4 Å². The molecule has 0 radical (unpaired) electrons. The average Bonchev–Trinajstić information content (AvgIpc) is 2.78. The molecule has 2 heterocycles. The van der Waals surface area contributed by atoms with Crippen molar-refractivity contribution in [3.63, 3.8) is 0 Å². The summed E-state index contributed by atoms with van der Waals surface area (Å²) >= 11 is 0. The Balaban J connectivity index is 1.76. The molecule has 3 amide bonds. The Kier molecular flexibility index (Phi) is 8.36. The van der Waals surface area contributed by atoms with Gasteiger partial charge in [-0.05, 0) is 62.6 Å². The number of carbonyl (C=O) groups is 3. The van der Waals surface area contributed by atoms with Crippen LogP contribution in [0.3, 0.4) is 0 Å². The molecule has 2 N–H and O–H groups in total. The lowest BCUT2D eigenvalue weighted by atomic mass is 9.96. The molecule has 32 heavy (non-hydrogen) atoms. The number of esters is 1. The Labute approximate surface area is 190 Å². The number of amides is 3. The standard InChI is InChI=1S/C24H36N4O4/c1-4-32-22(29)16-25-24(31)26-19-5-6-21(27-11-7-17(2)8-12-27)20(15-19)23(30)28-13-9-18(3)10-14-28/h5-6,15,17-18H,4,7-14,16H2,1-3H3,(H2,25,26,31). The number of nitrogens with zero attached hydrogens (tertiary/aromatic N) is 2. The number of nitrogens with one attached hydrogen (secondary N) is 2. The molecule has 0 spiro atoms. The molecular formula is C24H36N4O4. The fourth-order valence-electron chi connectivity index (χ4n) is 4.23. The zero-order valence-corrected chi connectivity index (χ0v) is 19.5. The first-order chi connectivity index (χ1) is 15.4. The van der Waals surface area contributed by atoms with E-state index in [4.69, 9.17) is 4.74 Å². The second-order valence-corrected chi connectivity index (χ2v) is 8.99. The highest BCUT2D eigenvalue weighted by Crippen LogP contribution is 2.30. The number of hydrogen-bond donors (Lipinski definition) is 2. The van der Waals surface area contributed by atoms with Gasteiger partial charge in [0.05, 0.1) is 12.2 Å². The molecule has 0 bridgehead atoms. The molecule has 2 aliphatic heterocycles. The van der Waals surface area contributed by atoms with Crippen LogP contribution in [0.25, 0.3) is 0 Å². The van der Waals surface area contributed by atoms with Crippen molar-refractivity contribution in [3.05, 3.63) is 23.8 Å². The molecule has 8 nitrogen and oxygen atoms in total. The van der Waals surface area contributed by atoms with Gasteiger partial charge in [0.15, 0.2) is 0 Å². The third-order valence-corrected chi connectivity index (χ3v) is 6.38. The third-order valence-electron chi connectivity index (χ3n) is 6.38. The van der Waals surface area contributed by atoms with Crippen LogP contribution in [0.4, 0.5) is 16.2 Å². The summed E-state index contributed by atoms with van der Waals surface area (Å²) in [5.74, 6) is 0.852. The smallest absolute Gasteiger partial charge is 0.325 e. The van der Waals surface area contributed by atoms with Crippen LogP contribution in [-0.2, 0) is 9.53 Å². The number of hydrogen-bond acceptors (Lipinski definition) is 5. The Morgan fingerprint density at radius 3 is 2.25 bits per heavy atom. The van der Waals surface area contributed by atoms with Gasteiger partial charge in [-0.2, -0.15) is 0 Å². The number of rotatable bonds is 6. The van der Waals surface area contributed by atoms with E-state index in [0.29, 0.717) is 23.1 Å². The van der Waals surface area contributed by atoms with Crippen molar-refractivity contribution in [3.8, 4) is 0 Å². The zero-order chi connectivity index (χ0) is 23.1. The topological polar surface area (TPSA) is 91.0 Å². The molecule has 1 aromatic rings. The zero-order valence-electron chi connectivity index (χ0n) is 19.5. The van der Waals surface area contributed by atoms with Gasteiger partial charge in [0, 0.05) is 37.6 Å². The minimum Gasteiger partial charge on any atom is -0.465 e. The van der Waals surface area contributed by atoms with Crippen molar-refractivity contribution in [2.45, 2.75) is 46.5 Å². The number of piperidine rings is 2. The fraction of sp³-hybridized carbons (Fsp3) is 0.625. The molecule has 2 aliphatic rings. The summed E-state index contributed by atoms with van der Waals surface area (Å²) in [6, 6.07) is 4.99. The van der Waals surface area contributed by atoms with Gasteiger partial charge in [0.2, 0.25) is 0 Å². The summed E-state index contributed by atoms with van der Waals surface area (Å²) in [5.41, 5.74) is 2.07. The van der Waals surface area contributed by atoms with E-state index in [0.717, 1.165) is 57.5 Å². The van der Waals surface area contributed by atoms with Crippen molar-refractivity contribution >= 4 is 29.3 Å². The van der Waals surface area contributed by atoms with E-state index >= 15 is 0 Å². The van der Waals surface area contributed by atoms with E-state index < -0.39 is 12.0 Å². The maximum atomic E-state index is 13.5. The van der Waals surface area contributed by atoms with Crippen LogP contribution in [0.2, 0.25) is 0 Å². The SMILES string of the molecule is CCOC(=O)CNC(=O)Nc1ccc(N2CCC(C)CC2)c(C(=O)N2CCC(C)CC2)c1. The van der Waals surface area contributed by atoms with E-state index in [1.54, 1.807) is 13.0 Å². The van der Waals surface area contributed by atoms with Crippen molar-refractivity contribution in [1.29, 1.82) is 0 Å². The lowest BCUT2D eigenvalue weighted by Crippen LogP contribution is -2.40. The van der Waals surface area contributed by atoms with Crippen molar-refractivity contribution in [2.75, 3.05) is 49.5 Å². The Bertz CT molecular complexity index is 812. The minimum absolute atomic E-state index is 0.0149. The molecule has 0 aromatic heterocycles. The largest absolute Gasteiger partial charge is 0.465 e. The first-order valence-corrected chi connectivity index (χ1v) is 11.8. The predicted molar refractivity (Wildman–Crippen MR) is 125 cm³/mol. The predicted octanol–water partition coefficient (Wildman–Crippen LogP) is 3.48. The van der Waals surface area contributed by atoms with Crippen LogP contribution in [0.1, 0.15) is 56.8 Å². The third kappa shape index (κ3) is 6.37. The second-order valence-electron chi connectivity index (χ2n) is 8.99. The van der Waals surface area contributed by atoms with Crippen LogP contribution in [0, 0.1) is 11.8 Å². The number of ether oxygens (including phenoxy) is 1. The van der Waals surface area contributed by atoms with Crippen LogP contribution >= 0.6 is 0 Å². The Morgan fingerprint density at radius 2 is 1.62 bits per heavy atom. The molecule has 2 saturated heterocycles. The first kappa shape index (κ1) is 23.9. The van der Waals surface area contributed by atoms with Gasteiger partial charge in [0.25, 0.3) is 5.91 Å². The van der Waals surface area contributed by atoms with Gasteiger partial charge >= 0.3 is 12.0 Å². The number of anilines is 2. The fourth-order valence-corrected chi connectivity index (χ4v) is 4.23. The van der Waals surface area contributed by atoms with Gasteiger partial charge in [-0.3, -0.25) is 9.59 Å². The van der Waals surface area contributed by atoms with Crippen molar-refractivity contribution in [1.82, 2.24) is 10.2 Å². The Morgan fingerprint density at radius 1 is 1.00 bits per heavy atom. The second kappa shape index (κ2) is 11.2. The maximum absolute atomic E-state index is 13.5. The Hall–Kier alpha value is -2.77. The van der Waals surface area contributed by atoms with E-state index in [2.05, 4.69) is 29.4 Å². The maximum Gasteiger partial charge on any atom is 0.325 e. The van der Waals surface area contributed by atoms with Gasteiger partial charge < -0.3 is 25.2 Å². The number of benzene rings is 1. The summed E-state index contributed by atoms with van der Waals surface area (Å²) in [4.78, 5) is 41.4. The molecule has 8 heteroatoms. The summed E-state index contributed by atoms with van der Waals surface area (Å²) in [6.45, 7) is 9.62. The van der Waals surface area contributed by atoms with Crippen molar-refractivity contribution < 1.29 is 19.1 Å². The van der Waals surface area contributed by atoms with E-state index in [1.165, 1.54) is 0 Å². The van der Waals surface area contributed by atoms with Gasteiger partial charge in [-0.15, -0.1) is 0 Å². The molecular weight excluding hydrogens is 408 g/mol. The summed E-state index contributed by atoms with van der Waals surface area (Å²) in [6.07, 6.45) is 4.23. The highest BCUT2D eigenvalue weighted by atomic mass is 16.5. The van der Waals surface area contributed by atoms with Gasteiger partial charge in [-0.1, -0.05) is 13.8 Å². The lowest BCUT2D eigenvalue weighted by Gasteiger charge is -2.35. The number of carbonyl (C=O) groups excluding carboxylic acids is 3. The molecule has 1 aromatic carbocycles. The molecule has 3 rings (SSSR count). The van der Waals surface area contributed by atoms with E-state index in [-0.39, 0.29) is 19.1 Å². The van der Waals surface area contributed by atoms with Crippen LogP contribution in [-0.4, -0.2) is 62.1 Å². The van der Waals surface area contributed by atoms with Gasteiger partial charge in [-0.25, -0.2) is 4.79 Å². The molecule has 2 fully saturated rings. The van der Waals surface area contributed by atoms with E-state index in [1.807, 2.05) is 17.0 Å². The highest BCUT2D eigenvalue weighted by molar-refractivity contribution is 6.02. The molecule has 176 valence electrons. The summed E-state index contributed by atoms with van der Waals surface area (Å²) in [7, 11) is 0. The first-order valence-electron chi connectivity index (χ1n) is 11.8. The average molecular weight is 445 g/mol. The summed E-state index contributed by atoms with van der Waals surface area (Å²) in [5, 5.41) is 5.22. The van der Waals surface area contributed by atoms with Gasteiger partial charge in [0.1, 0.15) is 6.54 Å². The van der Waals surface area contributed by atoms with Crippen molar-refractivity contribution in [2.24, 2.45) is 11.8 Å². The minimum atomic E-state index is -0.511. The van der Waals surface area contributed by atoms with Crippen LogP contribution in [0.5, 0.6) is 0 Å². The molecule has 0 aliphatic carbocycles. The number of likely N-dealkylation sites (tertiary alicyclic amines) is 1. The summed E-state index contributed by atoms with van der Waals surface area (Å²) < 4.78 is 4.82. The molecule has 0 saturated carbocycles.